The van der Waals surface area contributed by atoms with Gasteiger partial charge in [0, 0.05) is 24.7 Å². The van der Waals surface area contributed by atoms with Crippen LogP contribution in [0.15, 0.2) is 42.7 Å². The van der Waals surface area contributed by atoms with Crippen molar-refractivity contribution in [2.75, 3.05) is 13.7 Å². The molecular weight excluding hydrogens is 587 g/mol. The van der Waals surface area contributed by atoms with Crippen LogP contribution < -0.4 is 43.3 Å². The number of halogens is 1. The third kappa shape index (κ3) is 14.4. The molecule has 0 aliphatic rings. The van der Waals surface area contributed by atoms with Crippen molar-refractivity contribution in [3.63, 3.8) is 0 Å². The van der Waals surface area contributed by atoms with Crippen LogP contribution in [0.1, 0.15) is 120 Å². The summed E-state index contributed by atoms with van der Waals surface area (Å²) in [6.07, 6.45) is 22.9. The Bertz CT molecular complexity index is 874. The second-order valence-corrected chi connectivity index (χ2v) is 10.0. The predicted octanol–water partition coefficient (Wildman–Crippen LogP) is 4.80. The van der Waals surface area contributed by atoms with Gasteiger partial charge in [0.15, 0.2) is 12.4 Å². The number of carbonyl (C=O) groups is 1. The van der Waals surface area contributed by atoms with Gasteiger partial charge in [0.05, 0.1) is 19.3 Å². The Labute approximate surface area is 249 Å². The molecule has 1 heterocycles. The summed E-state index contributed by atoms with van der Waals surface area (Å²) in [6, 6.07) is 9.49. The molecule has 6 heteroatoms. The van der Waals surface area contributed by atoms with Gasteiger partial charge in [-0.2, -0.15) is 0 Å². The summed E-state index contributed by atoms with van der Waals surface area (Å²) in [7, 11) is 1.59. The molecule has 1 aromatic heterocycles. The minimum absolute atomic E-state index is 0. The van der Waals surface area contributed by atoms with Gasteiger partial charge in [-0.25, -0.2) is 4.57 Å². The number of aryl methyl sites for hydroxylation is 1. The van der Waals surface area contributed by atoms with Gasteiger partial charge in [-0.05, 0) is 31.0 Å². The maximum absolute atomic E-state index is 12.7. The first-order chi connectivity index (χ1) is 18.2. The second kappa shape index (κ2) is 22.0. The Kier molecular flexibility index (Phi) is 19.8. The van der Waals surface area contributed by atoms with Crippen LogP contribution in [0.2, 0.25) is 0 Å². The van der Waals surface area contributed by atoms with Crippen molar-refractivity contribution in [3.05, 3.63) is 53.9 Å². The molecule has 0 saturated carbocycles. The third-order valence-electron chi connectivity index (χ3n) is 6.96. The highest BCUT2D eigenvalue weighted by molar-refractivity contribution is 5.97. The van der Waals surface area contributed by atoms with Crippen LogP contribution in [0.5, 0.6) is 11.5 Å². The molecule has 0 bridgehead atoms. The van der Waals surface area contributed by atoms with Crippen LogP contribution in [-0.4, -0.2) is 19.6 Å². The van der Waals surface area contributed by atoms with E-state index in [-0.39, 0.29) is 29.9 Å². The van der Waals surface area contributed by atoms with Crippen LogP contribution >= 0.6 is 0 Å². The fourth-order valence-electron chi connectivity index (χ4n) is 4.53. The molecule has 2 aromatic rings. The number of rotatable bonds is 21. The van der Waals surface area contributed by atoms with Crippen LogP contribution in [0, 0.1) is 0 Å². The van der Waals surface area contributed by atoms with E-state index in [0.717, 1.165) is 24.3 Å². The molecule has 2 rings (SSSR count). The predicted molar refractivity (Wildman–Crippen MR) is 152 cm³/mol. The molecule has 1 aromatic carbocycles. The van der Waals surface area contributed by atoms with E-state index in [1.807, 2.05) is 36.7 Å². The first-order valence-electron chi connectivity index (χ1n) is 14.7. The summed E-state index contributed by atoms with van der Waals surface area (Å²) in [6.45, 7) is 6.47. The number of pyridine rings is 1. The summed E-state index contributed by atoms with van der Waals surface area (Å²) in [5, 5.41) is 2.98. The standard InChI is InChI=1S/C32H50N2O3.HI/c1-4-6-7-8-9-10-11-12-13-14-15-16-17-18-25-37-29-19-20-30(31(26-29)36-3)32(35)33-27-28-21-23-34(5-2)24-22-28;/h19-24,26H,4-18,25,27H2,1-3H3;1H. The maximum Gasteiger partial charge on any atom is 0.255 e. The number of hydrogen-bond acceptors (Lipinski definition) is 3. The number of amides is 1. The van der Waals surface area contributed by atoms with E-state index in [4.69, 9.17) is 9.47 Å². The van der Waals surface area contributed by atoms with E-state index in [0.29, 0.717) is 24.5 Å². The average Bonchev–Trinajstić information content (AvgIpc) is 2.94. The molecule has 214 valence electrons. The molecule has 0 atom stereocenters. The number of methoxy groups -OCH3 is 1. The number of nitrogens with one attached hydrogen (secondary N) is 1. The van der Waals surface area contributed by atoms with E-state index < -0.39 is 0 Å². The molecule has 38 heavy (non-hydrogen) atoms. The molecule has 0 fully saturated rings. The van der Waals surface area contributed by atoms with E-state index in [2.05, 4.69) is 23.7 Å². The number of ether oxygens (including phenoxy) is 2. The van der Waals surface area contributed by atoms with Crippen LogP contribution in [0.4, 0.5) is 0 Å². The van der Waals surface area contributed by atoms with Crippen molar-refractivity contribution in [1.82, 2.24) is 5.32 Å². The van der Waals surface area contributed by atoms with Crippen molar-refractivity contribution in [2.45, 2.75) is 117 Å². The van der Waals surface area contributed by atoms with Crippen molar-refractivity contribution in [2.24, 2.45) is 0 Å². The van der Waals surface area contributed by atoms with E-state index in [1.54, 1.807) is 13.2 Å². The molecule has 1 N–H and O–H groups in total. The van der Waals surface area contributed by atoms with Crippen molar-refractivity contribution in [1.29, 1.82) is 0 Å². The second-order valence-electron chi connectivity index (χ2n) is 10.0. The Morgan fingerprint density at radius 2 is 1.34 bits per heavy atom. The largest absolute Gasteiger partial charge is 1.00 e. The van der Waals surface area contributed by atoms with E-state index in [9.17, 15) is 4.79 Å². The zero-order valence-electron chi connectivity index (χ0n) is 24.1. The lowest BCUT2D eigenvalue weighted by Crippen LogP contribution is -3.00. The number of hydrogen-bond donors (Lipinski definition) is 1. The van der Waals surface area contributed by atoms with Crippen LogP contribution in [0.25, 0.3) is 0 Å². The maximum atomic E-state index is 12.7. The smallest absolute Gasteiger partial charge is 0.255 e. The minimum Gasteiger partial charge on any atom is -1.00 e. The van der Waals surface area contributed by atoms with Gasteiger partial charge in [-0.1, -0.05) is 90.4 Å². The van der Waals surface area contributed by atoms with Crippen molar-refractivity contribution >= 4 is 5.91 Å². The van der Waals surface area contributed by atoms with E-state index >= 15 is 0 Å². The number of unbranched alkanes of at least 4 members (excludes halogenated alkanes) is 13. The van der Waals surface area contributed by atoms with Gasteiger partial charge in [-0.15, -0.1) is 0 Å². The number of carbonyl (C=O) groups excluding carboxylic acids is 1. The molecule has 0 radical (unpaired) electrons. The summed E-state index contributed by atoms with van der Waals surface area (Å²) >= 11 is 0. The fraction of sp³-hybridized carbons (Fsp3) is 0.625. The highest BCUT2D eigenvalue weighted by atomic mass is 127. The van der Waals surface area contributed by atoms with Crippen LogP contribution in [-0.2, 0) is 13.1 Å². The lowest BCUT2D eigenvalue weighted by Gasteiger charge is -2.12. The van der Waals surface area contributed by atoms with Gasteiger partial charge in [-0.3, -0.25) is 4.79 Å². The van der Waals surface area contributed by atoms with Gasteiger partial charge >= 0.3 is 0 Å². The van der Waals surface area contributed by atoms with E-state index in [1.165, 1.54) is 83.5 Å². The molecule has 0 saturated heterocycles. The lowest BCUT2D eigenvalue weighted by molar-refractivity contribution is -0.693. The van der Waals surface area contributed by atoms with Crippen LogP contribution in [0.3, 0.4) is 0 Å². The monoisotopic (exact) mass is 638 g/mol. The Hall–Kier alpha value is -1.83. The molecule has 0 spiro atoms. The first kappa shape index (κ1) is 34.2. The zero-order chi connectivity index (χ0) is 26.6. The SMILES string of the molecule is CCCCCCCCCCCCCCCCOc1ccc(C(=O)NCc2cc[n+](CC)cc2)c(OC)c1.[I-]. The number of benzene rings is 1. The Morgan fingerprint density at radius 3 is 1.87 bits per heavy atom. The van der Waals surface area contributed by atoms with Gasteiger partial charge in [0.2, 0.25) is 0 Å². The summed E-state index contributed by atoms with van der Waals surface area (Å²) < 4.78 is 13.5. The highest BCUT2D eigenvalue weighted by Crippen LogP contribution is 2.25. The molecule has 0 unspecified atom stereocenters. The Balaban J connectivity index is 0.00000722. The lowest BCUT2D eigenvalue weighted by atomic mass is 10.0. The molecule has 1 amide bonds. The molecule has 0 aliphatic heterocycles. The zero-order valence-corrected chi connectivity index (χ0v) is 26.3. The normalized spacial score (nSPS) is 10.6. The molecule has 0 aliphatic carbocycles. The summed E-state index contributed by atoms with van der Waals surface area (Å²) in [4.78, 5) is 12.7. The Morgan fingerprint density at radius 1 is 0.789 bits per heavy atom. The van der Waals surface area contributed by atoms with Gasteiger partial charge in [0.25, 0.3) is 5.91 Å². The summed E-state index contributed by atoms with van der Waals surface area (Å²) in [5.74, 6) is 1.13. The minimum atomic E-state index is -0.150. The van der Waals surface area contributed by atoms with Crippen molar-refractivity contribution < 1.29 is 42.8 Å². The number of aromatic nitrogens is 1. The summed E-state index contributed by atoms with van der Waals surface area (Å²) in [5.41, 5.74) is 1.58. The highest BCUT2D eigenvalue weighted by Gasteiger charge is 2.13. The van der Waals surface area contributed by atoms with Gasteiger partial charge < -0.3 is 38.8 Å². The topological polar surface area (TPSA) is 51.4 Å². The quantitative estimate of drug-likeness (QED) is 0.122. The fourth-order valence-corrected chi connectivity index (χ4v) is 4.53. The molecule has 5 nitrogen and oxygen atoms in total. The third-order valence-corrected chi connectivity index (χ3v) is 6.96. The molecular formula is C32H51IN2O3. The van der Waals surface area contributed by atoms with Gasteiger partial charge in [0.1, 0.15) is 18.0 Å². The first-order valence-corrected chi connectivity index (χ1v) is 14.7. The number of nitrogens with zero attached hydrogens (tertiary/aromatic N) is 1. The average molecular weight is 639 g/mol. The van der Waals surface area contributed by atoms with Crippen molar-refractivity contribution in [3.8, 4) is 11.5 Å².